The maximum Gasteiger partial charge on any atom is 0.273 e. The zero-order valence-corrected chi connectivity index (χ0v) is 16.0. The summed E-state index contributed by atoms with van der Waals surface area (Å²) >= 11 is 4.43. The van der Waals surface area contributed by atoms with Crippen LogP contribution >= 0.6 is 34.9 Å². The van der Waals surface area contributed by atoms with E-state index in [1.807, 2.05) is 0 Å². The molecule has 0 atom stereocenters. The Morgan fingerprint density at radius 3 is 2.58 bits per heavy atom. The molecular weight excluding hydrogens is 366 g/mol. The Morgan fingerprint density at radius 1 is 1.29 bits per heavy atom. The van der Waals surface area contributed by atoms with Gasteiger partial charge < -0.3 is 0 Å². The van der Waals surface area contributed by atoms with Crippen molar-refractivity contribution >= 4 is 46.3 Å². The lowest BCUT2D eigenvalue weighted by atomic mass is 10.1. The molecule has 0 aliphatic heterocycles. The maximum absolute atomic E-state index is 12.2. The van der Waals surface area contributed by atoms with Crippen molar-refractivity contribution in [3.8, 4) is 0 Å². The molecular formula is C15H17N3O3S3. The maximum atomic E-state index is 12.2. The van der Waals surface area contributed by atoms with Crippen LogP contribution < -0.4 is 0 Å². The van der Waals surface area contributed by atoms with E-state index in [1.165, 1.54) is 29.2 Å². The van der Waals surface area contributed by atoms with Crippen LogP contribution in [0.4, 0.5) is 5.69 Å². The van der Waals surface area contributed by atoms with Gasteiger partial charge in [0.05, 0.1) is 10.7 Å². The summed E-state index contributed by atoms with van der Waals surface area (Å²) in [6.07, 6.45) is 0. The second-order valence-electron chi connectivity index (χ2n) is 5.51. The van der Waals surface area contributed by atoms with Crippen LogP contribution in [0.3, 0.4) is 0 Å². The predicted octanol–water partition coefficient (Wildman–Crippen LogP) is 4.48. The fraction of sp³-hybridized carbons (Fsp3) is 0.400. The average Bonchev–Trinajstić information content (AvgIpc) is 2.98. The number of nitro groups is 1. The molecule has 0 aliphatic carbocycles. The smallest absolute Gasteiger partial charge is 0.273 e. The van der Waals surface area contributed by atoms with Gasteiger partial charge in [-0.2, -0.15) is 0 Å². The number of rotatable bonds is 8. The number of nitrogens with zero attached hydrogens (tertiary/aromatic N) is 3. The molecule has 0 saturated carbocycles. The molecule has 2 aromatic rings. The number of aryl methyl sites for hydroxylation is 1. The third kappa shape index (κ3) is 5.29. The molecule has 2 rings (SSSR count). The van der Waals surface area contributed by atoms with E-state index in [2.05, 4.69) is 24.0 Å². The first-order valence-electron chi connectivity index (χ1n) is 7.24. The summed E-state index contributed by atoms with van der Waals surface area (Å²) in [7, 11) is 0. The lowest BCUT2D eigenvalue weighted by Gasteiger charge is -2.02. The molecule has 0 amide bonds. The summed E-state index contributed by atoms with van der Waals surface area (Å²) in [6.45, 7) is 5.94. The van der Waals surface area contributed by atoms with E-state index in [9.17, 15) is 14.9 Å². The normalized spacial score (nSPS) is 11.0. The summed E-state index contributed by atoms with van der Waals surface area (Å²) in [6, 6.07) is 4.55. The van der Waals surface area contributed by atoms with Crippen LogP contribution in [0.25, 0.3) is 0 Å². The number of carbonyl (C=O) groups excluding carboxylic acids is 1. The van der Waals surface area contributed by atoms with Crippen LogP contribution in [0, 0.1) is 23.0 Å². The Hall–Kier alpha value is -1.45. The highest BCUT2D eigenvalue weighted by atomic mass is 32.2. The van der Waals surface area contributed by atoms with E-state index in [0.717, 1.165) is 14.4 Å². The van der Waals surface area contributed by atoms with Crippen molar-refractivity contribution in [3.63, 3.8) is 0 Å². The summed E-state index contributed by atoms with van der Waals surface area (Å²) < 4.78 is 1.63. The second kappa shape index (κ2) is 8.59. The van der Waals surface area contributed by atoms with Gasteiger partial charge in [0.2, 0.25) is 0 Å². The highest BCUT2D eigenvalue weighted by molar-refractivity contribution is 8.03. The first kappa shape index (κ1) is 18.9. The third-order valence-corrected chi connectivity index (χ3v) is 6.60. The first-order chi connectivity index (χ1) is 11.4. The fourth-order valence-corrected chi connectivity index (χ4v) is 4.63. The Morgan fingerprint density at radius 2 is 1.96 bits per heavy atom. The van der Waals surface area contributed by atoms with Crippen LogP contribution in [0.2, 0.25) is 0 Å². The molecule has 0 N–H and O–H groups in total. The van der Waals surface area contributed by atoms with Crippen molar-refractivity contribution < 1.29 is 9.72 Å². The van der Waals surface area contributed by atoms with E-state index in [-0.39, 0.29) is 17.2 Å². The van der Waals surface area contributed by atoms with Gasteiger partial charge in [-0.1, -0.05) is 60.8 Å². The number of thioether (sulfide) groups is 2. The van der Waals surface area contributed by atoms with Gasteiger partial charge in [0.25, 0.3) is 5.69 Å². The molecule has 0 saturated heterocycles. The van der Waals surface area contributed by atoms with Crippen LogP contribution in [0.15, 0.2) is 26.9 Å². The van der Waals surface area contributed by atoms with Gasteiger partial charge in [-0.25, -0.2) is 0 Å². The van der Waals surface area contributed by atoms with E-state index >= 15 is 0 Å². The third-order valence-electron chi connectivity index (χ3n) is 2.98. The van der Waals surface area contributed by atoms with Crippen molar-refractivity contribution in [2.45, 2.75) is 29.5 Å². The van der Waals surface area contributed by atoms with Gasteiger partial charge in [0.15, 0.2) is 14.5 Å². The van der Waals surface area contributed by atoms with E-state index in [4.69, 9.17) is 0 Å². The van der Waals surface area contributed by atoms with Crippen molar-refractivity contribution in [2.24, 2.45) is 5.92 Å². The zero-order chi connectivity index (χ0) is 17.7. The quantitative estimate of drug-likeness (QED) is 0.287. The van der Waals surface area contributed by atoms with Gasteiger partial charge in [0.1, 0.15) is 0 Å². The van der Waals surface area contributed by atoms with Gasteiger partial charge >= 0.3 is 0 Å². The summed E-state index contributed by atoms with van der Waals surface area (Å²) in [5.41, 5.74) is 0.855. The van der Waals surface area contributed by atoms with Crippen LogP contribution in [-0.2, 0) is 0 Å². The average molecular weight is 384 g/mol. The van der Waals surface area contributed by atoms with Crippen LogP contribution in [0.5, 0.6) is 0 Å². The number of nitro benzene ring substituents is 1. The fourth-order valence-electron chi connectivity index (χ4n) is 1.74. The summed E-state index contributed by atoms with van der Waals surface area (Å²) in [5.74, 6) is 1.58. The minimum Gasteiger partial charge on any atom is -0.293 e. The highest BCUT2D eigenvalue weighted by Crippen LogP contribution is 2.30. The lowest BCUT2D eigenvalue weighted by molar-refractivity contribution is -0.385. The number of aromatic nitrogens is 2. The molecule has 0 bridgehead atoms. The molecule has 9 heteroatoms. The topological polar surface area (TPSA) is 86.0 Å². The SMILES string of the molecule is Cc1ccc(C(=O)CSc2nnc(SCC(C)C)s2)cc1[N+](=O)[O-]. The predicted molar refractivity (Wildman–Crippen MR) is 98.4 cm³/mol. The van der Waals surface area contributed by atoms with Crippen LogP contribution in [0.1, 0.15) is 29.8 Å². The Balaban J connectivity index is 1.96. The Kier molecular flexibility index (Phi) is 6.76. The molecule has 0 fully saturated rings. The van der Waals surface area contributed by atoms with Gasteiger partial charge in [-0.15, -0.1) is 10.2 Å². The molecule has 24 heavy (non-hydrogen) atoms. The van der Waals surface area contributed by atoms with Crippen molar-refractivity contribution in [3.05, 3.63) is 39.4 Å². The number of ketones is 1. The summed E-state index contributed by atoms with van der Waals surface area (Å²) in [4.78, 5) is 22.7. The molecule has 6 nitrogen and oxygen atoms in total. The largest absolute Gasteiger partial charge is 0.293 e. The van der Waals surface area contributed by atoms with E-state index in [0.29, 0.717) is 17.0 Å². The second-order valence-corrected chi connectivity index (χ2v) is 8.98. The molecule has 0 aliphatic rings. The Bertz CT molecular complexity index is 747. The number of Topliss-reactive ketones (excluding diaryl/α,β-unsaturated/α-hetero) is 1. The van der Waals surface area contributed by atoms with E-state index < -0.39 is 4.92 Å². The molecule has 1 aromatic heterocycles. The van der Waals surface area contributed by atoms with Crippen molar-refractivity contribution in [2.75, 3.05) is 11.5 Å². The van der Waals surface area contributed by atoms with Crippen LogP contribution in [-0.4, -0.2) is 32.4 Å². The molecule has 1 heterocycles. The van der Waals surface area contributed by atoms with E-state index in [1.54, 1.807) is 30.8 Å². The zero-order valence-electron chi connectivity index (χ0n) is 13.5. The molecule has 128 valence electrons. The lowest BCUT2D eigenvalue weighted by Crippen LogP contribution is -2.04. The molecule has 0 radical (unpaired) electrons. The first-order valence-corrected chi connectivity index (χ1v) is 10.0. The molecule has 0 unspecified atom stereocenters. The number of carbonyl (C=O) groups is 1. The minimum absolute atomic E-state index is 0.0332. The number of benzene rings is 1. The number of hydrogen-bond donors (Lipinski definition) is 0. The van der Waals surface area contributed by atoms with Gasteiger partial charge in [-0.3, -0.25) is 14.9 Å². The monoisotopic (exact) mass is 383 g/mol. The Labute approximate surface area is 152 Å². The summed E-state index contributed by atoms with van der Waals surface area (Å²) in [5, 5.41) is 19.1. The van der Waals surface area contributed by atoms with Crippen molar-refractivity contribution in [1.82, 2.24) is 10.2 Å². The highest BCUT2D eigenvalue weighted by Gasteiger charge is 2.16. The standard InChI is InChI=1S/C15H17N3O3S3/c1-9(2)7-22-14-16-17-15(24-14)23-8-13(19)11-5-4-10(3)12(6-11)18(20)21/h4-6,9H,7-8H2,1-3H3. The van der Waals surface area contributed by atoms with Gasteiger partial charge in [-0.05, 0) is 12.8 Å². The molecule has 1 aromatic carbocycles. The molecule has 0 spiro atoms. The van der Waals surface area contributed by atoms with Gasteiger partial charge in [0, 0.05) is 22.9 Å². The number of hydrogen-bond acceptors (Lipinski definition) is 8. The van der Waals surface area contributed by atoms with Crippen molar-refractivity contribution in [1.29, 1.82) is 0 Å². The minimum atomic E-state index is -0.470.